The minimum atomic E-state index is -0.661. The zero-order valence-electron chi connectivity index (χ0n) is 56.7. The van der Waals surface area contributed by atoms with Crippen LogP contribution >= 0.6 is 0 Å². The molecule has 0 spiro atoms. The van der Waals surface area contributed by atoms with Crippen molar-refractivity contribution in [3.05, 3.63) is 12.2 Å². The molecule has 1 amide bonds. The fourth-order valence-electron chi connectivity index (χ4n) is 12.5. The van der Waals surface area contributed by atoms with Crippen LogP contribution in [0.25, 0.3) is 0 Å². The molecular formula is C77H151NO5. The fraction of sp³-hybridized carbons (Fsp3) is 0.948. The Morgan fingerprint density at radius 1 is 0.325 bits per heavy atom. The number of aliphatic hydroxyl groups excluding tert-OH is 2. The Morgan fingerprint density at radius 2 is 0.566 bits per heavy atom. The predicted octanol–water partition coefficient (Wildman–Crippen LogP) is 25.1. The van der Waals surface area contributed by atoms with E-state index < -0.39 is 12.1 Å². The van der Waals surface area contributed by atoms with E-state index in [2.05, 4.69) is 31.3 Å². The second-order valence-corrected chi connectivity index (χ2v) is 26.7. The highest BCUT2D eigenvalue weighted by Gasteiger charge is 2.20. The molecule has 0 aliphatic carbocycles. The molecule has 0 heterocycles. The molecule has 83 heavy (non-hydrogen) atoms. The van der Waals surface area contributed by atoms with Crippen LogP contribution in [-0.4, -0.2) is 47.4 Å². The molecule has 0 aromatic rings. The zero-order valence-corrected chi connectivity index (χ0v) is 56.7. The molecule has 0 fully saturated rings. The first kappa shape index (κ1) is 81.6. The second-order valence-electron chi connectivity index (χ2n) is 26.7. The molecule has 0 aromatic heterocycles. The molecule has 0 aliphatic rings. The van der Waals surface area contributed by atoms with Crippen LogP contribution in [0.3, 0.4) is 0 Å². The number of amides is 1. The van der Waals surface area contributed by atoms with Gasteiger partial charge in [-0.2, -0.15) is 0 Å². The molecule has 494 valence electrons. The van der Waals surface area contributed by atoms with Crippen LogP contribution in [-0.2, 0) is 14.3 Å². The van der Waals surface area contributed by atoms with Crippen LogP contribution in [0.15, 0.2) is 12.2 Å². The predicted molar refractivity (Wildman–Crippen MR) is 366 cm³/mol. The molecule has 3 N–H and O–H groups in total. The summed E-state index contributed by atoms with van der Waals surface area (Å²) in [5, 5.41) is 23.4. The largest absolute Gasteiger partial charge is 0.466 e. The third-order valence-electron chi connectivity index (χ3n) is 18.3. The van der Waals surface area contributed by atoms with Gasteiger partial charge in [0.05, 0.1) is 25.4 Å². The zero-order chi connectivity index (χ0) is 59.9. The van der Waals surface area contributed by atoms with Crippen LogP contribution in [0.4, 0.5) is 0 Å². The van der Waals surface area contributed by atoms with Crippen molar-refractivity contribution in [1.29, 1.82) is 0 Å². The van der Waals surface area contributed by atoms with Crippen LogP contribution in [0, 0.1) is 0 Å². The molecule has 0 saturated heterocycles. The summed E-state index contributed by atoms with van der Waals surface area (Å²) < 4.78 is 5.50. The third kappa shape index (κ3) is 69.6. The monoisotopic (exact) mass is 1170 g/mol. The number of hydrogen-bond acceptors (Lipinski definition) is 5. The molecule has 2 unspecified atom stereocenters. The van der Waals surface area contributed by atoms with Gasteiger partial charge in [-0.15, -0.1) is 0 Å². The molecule has 0 radical (unpaired) electrons. The van der Waals surface area contributed by atoms with Gasteiger partial charge >= 0.3 is 5.97 Å². The number of ether oxygens (including phenoxy) is 1. The van der Waals surface area contributed by atoms with Crippen LogP contribution in [0.2, 0.25) is 0 Å². The van der Waals surface area contributed by atoms with Crippen molar-refractivity contribution in [3.8, 4) is 0 Å². The molecule has 6 heteroatoms. The summed E-state index contributed by atoms with van der Waals surface area (Å²) in [5.74, 6) is -0.0110. The minimum Gasteiger partial charge on any atom is -0.466 e. The van der Waals surface area contributed by atoms with Gasteiger partial charge in [0.15, 0.2) is 0 Å². The molecule has 6 nitrogen and oxygen atoms in total. The molecule has 0 saturated carbocycles. The van der Waals surface area contributed by atoms with Crippen molar-refractivity contribution in [2.24, 2.45) is 0 Å². The van der Waals surface area contributed by atoms with Crippen LogP contribution in [0.5, 0.6) is 0 Å². The molecule has 0 bridgehead atoms. The van der Waals surface area contributed by atoms with E-state index in [1.165, 1.54) is 366 Å². The van der Waals surface area contributed by atoms with E-state index >= 15 is 0 Å². The Balaban J connectivity index is 3.32. The number of rotatable bonds is 73. The van der Waals surface area contributed by atoms with Crippen molar-refractivity contribution < 1.29 is 24.5 Å². The number of unbranched alkanes of at least 4 members (excludes halogenated alkanes) is 60. The summed E-state index contributed by atoms with van der Waals surface area (Å²) in [6, 6.07) is -0.538. The van der Waals surface area contributed by atoms with Crippen molar-refractivity contribution in [3.63, 3.8) is 0 Å². The topological polar surface area (TPSA) is 95.9 Å². The lowest BCUT2D eigenvalue weighted by Gasteiger charge is -2.22. The summed E-state index contributed by atoms with van der Waals surface area (Å²) in [7, 11) is 0. The first-order valence-electron chi connectivity index (χ1n) is 38.4. The first-order valence-corrected chi connectivity index (χ1v) is 38.4. The van der Waals surface area contributed by atoms with Crippen molar-refractivity contribution >= 4 is 11.9 Å². The fourth-order valence-corrected chi connectivity index (χ4v) is 12.5. The van der Waals surface area contributed by atoms with Crippen molar-refractivity contribution in [2.45, 2.75) is 456 Å². The lowest BCUT2D eigenvalue weighted by Crippen LogP contribution is -2.45. The summed E-state index contributed by atoms with van der Waals surface area (Å²) in [6.07, 6.45) is 91.5. The lowest BCUT2D eigenvalue weighted by molar-refractivity contribution is -0.143. The van der Waals surface area contributed by atoms with Gasteiger partial charge in [-0.1, -0.05) is 392 Å². The molecule has 0 rings (SSSR count). The smallest absolute Gasteiger partial charge is 0.305 e. The second kappa shape index (κ2) is 73.1. The van der Waals surface area contributed by atoms with E-state index in [1.807, 2.05) is 0 Å². The number of esters is 1. The lowest BCUT2D eigenvalue weighted by atomic mass is 10.0. The van der Waals surface area contributed by atoms with Gasteiger partial charge in [0.25, 0.3) is 0 Å². The Hall–Kier alpha value is -1.40. The van der Waals surface area contributed by atoms with E-state index in [9.17, 15) is 19.8 Å². The molecule has 2 atom stereocenters. The van der Waals surface area contributed by atoms with Crippen LogP contribution in [0.1, 0.15) is 444 Å². The quantitative estimate of drug-likeness (QED) is 0.0320. The standard InChI is InChI=1S/C77H151NO5/c1-3-5-7-9-11-13-15-17-19-20-35-38-42-45-49-53-57-61-65-69-75(80)74(73-79)78-76(81)70-66-62-58-54-50-46-43-39-36-33-31-29-27-25-23-21-22-24-26-28-30-32-34-37-40-44-48-52-56-60-64-68-72-83-77(82)71-67-63-59-55-51-47-41-18-16-14-12-10-8-6-4-2/h18,41,74-75,79-80H,3-17,19-40,42-73H2,1-2H3,(H,78,81)/b41-18-. The van der Waals surface area contributed by atoms with E-state index in [1.54, 1.807) is 0 Å². The number of hydrogen-bond donors (Lipinski definition) is 3. The maximum Gasteiger partial charge on any atom is 0.305 e. The Morgan fingerprint density at radius 3 is 0.855 bits per heavy atom. The SMILES string of the molecule is CCCCCCCC/C=C\CCCCCCCC(=O)OCCCCCCCCCCCCCCCCCCCCCCCCCCCCCCCCCCC(=O)NC(CO)C(O)CCCCCCCCCCCCCCCCCCCCC. The van der Waals surface area contributed by atoms with Crippen molar-refractivity contribution in [2.75, 3.05) is 13.2 Å². The Labute approximate surface area is 520 Å². The van der Waals surface area contributed by atoms with Gasteiger partial charge in [-0.3, -0.25) is 9.59 Å². The average molecular weight is 1170 g/mol. The summed E-state index contributed by atoms with van der Waals surface area (Å²) in [6.45, 7) is 5.00. The number of carbonyl (C=O) groups is 2. The highest BCUT2D eigenvalue weighted by molar-refractivity contribution is 5.76. The number of nitrogens with one attached hydrogen (secondary N) is 1. The van der Waals surface area contributed by atoms with Gasteiger partial charge in [0.2, 0.25) is 5.91 Å². The number of carbonyl (C=O) groups excluding carboxylic acids is 2. The van der Waals surface area contributed by atoms with Gasteiger partial charge < -0.3 is 20.3 Å². The van der Waals surface area contributed by atoms with Gasteiger partial charge in [-0.05, 0) is 51.4 Å². The molecular weight excluding hydrogens is 1020 g/mol. The van der Waals surface area contributed by atoms with Gasteiger partial charge in [0, 0.05) is 12.8 Å². The van der Waals surface area contributed by atoms with Gasteiger partial charge in [0.1, 0.15) is 0 Å². The molecule has 0 aromatic carbocycles. The minimum absolute atomic E-state index is 0.0144. The Bertz CT molecular complexity index is 1260. The van der Waals surface area contributed by atoms with Gasteiger partial charge in [-0.25, -0.2) is 0 Å². The van der Waals surface area contributed by atoms with E-state index in [4.69, 9.17) is 4.74 Å². The van der Waals surface area contributed by atoms with E-state index in [0.717, 1.165) is 44.9 Å². The normalized spacial score (nSPS) is 12.5. The Kier molecular flexibility index (Phi) is 71.8. The summed E-state index contributed by atoms with van der Waals surface area (Å²) in [5.41, 5.74) is 0. The van der Waals surface area contributed by atoms with Crippen LogP contribution < -0.4 is 5.32 Å². The third-order valence-corrected chi connectivity index (χ3v) is 18.3. The molecule has 0 aliphatic heterocycles. The number of aliphatic hydroxyl groups is 2. The summed E-state index contributed by atoms with van der Waals surface area (Å²) >= 11 is 0. The van der Waals surface area contributed by atoms with E-state index in [-0.39, 0.29) is 18.5 Å². The first-order chi connectivity index (χ1) is 41.0. The highest BCUT2D eigenvalue weighted by atomic mass is 16.5. The highest BCUT2D eigenvalue weighted by Crippen LogP contribution is 2.20. The number of allylic oxidation sites excluding steroid dienone is 2. The maximum absolute atomic E-state index is 12.5. The summed E-state index contributed by atoms with van der Waals surface area (Å²) in [4.78, 5) is 24.6. The van der Waals surface area contributed by atoms with Crippen molar-refractivity contribution in [1.82, 2.24) is 5.32 Å². The maximum atomic E-state index is 12.5. The van der Waals surface area contributed by atoms with E-state index in [0.29, 0.717) is 25.9 Å². The average Bonchev–Trinajstić information content (AvgIpc) is 3.49.